The van der Waals surface area contributed by atoms with Gasteiger partial charge in [-0.05, 0) is 43.4 Å². The fourth-order valence-electron chi connectivity index (χ4n) is 2.74. The van der Waals surface area contributed by atoms with Crippen molar-refractivity contribution < 1.29 is 4.74 Å². The van der Waals surface area contributed by atoms with Crippen LogP contribution >= 0.6 is 0 Å². The molecule has 2 atom stereocenters. The molecule has 1 aromatic heterocycles. The summed E-state index contributed by atoms with van der Waals surface area (Å²) in [6.07, 6.45) is 6.71. The van der Waals surface area contributed by atoms with Gasteiger partial charge in [0, 0.05) is 5.69 Å². The molecule has 1 heterocycles. The molecule has 2 unspecified atom stereocenters. The molecule has 3 rings (SSSR count). The third-order valence-electron chi connectivity index (χ3n) is 3.92. The van der Waals surface area contributed by atoms with E-state index in [1.54, 1.807) is 6.33 Å². The largest absolute Gasteiger partial charge is 0.474 e. The van der Waals surface area contributed by atoms with Gasteiger partial charge in [-0.2, -0.15) is 0 Å². The SMILES string of the molecule is CC1CCCCC1Oc1ncnc2cc(N)ccc12. The lowest BCUT2D eigenvalue weighted by molar-refractivity contribution is 0.0992. The molecule has 1 aliphatic carbocycles. The van der Waals surface area contributed by atoms with Crippen molar-refractivity contribution in [3.05, 3.63) is 24.5 Å². The zero-order chi connectivity index (χ0) is 13.2. The molecule has 2 aromatic rings. The maximum Gasteiger partial charge on any atom is 0.224 e. The summed E-state index contributed by atoms with van der Waals surface area (Å²) in [5.74, 6) is 1.27. The highest BCUT2D eigenvalue weighted by atomic mass is 16.5. The van der Waals surface area contributed by atoms with E-state index in [1.807, 2.05) is 18.2 Å². The molecule has 1 aliphatic rings. The Morgan fingerprint density at radius 3 is 2.89 bits per heavy atom. The molecule has 2 N–H and O–H groups in total. The van der Waals surface area contributed by atoms with Crippen molar-refractivity contribution in [2.75, 3.05) is 5.73 Å². The van der Waals surface area contributed by atoms with E-state index in [1.165, 1.54) is 19.3 Å². The van der Waals surface area contributed by atoms with Gasteiger partial charge in [0.05, 0.1) is 10.9 Å². The number of rotatable bonds is 2. The highest BCUT2D eigenvalue weighted by molar-refractivity contribution is 5.85. The van der Waals surface area contributed by atoms with Gasteiger partial charge in [0.25, 0.3) is 0 Å². The van der Waals surface area contributed by atoms with E-state index in [4.69, 9.17) is 10.5 Å². The number of fused-ring (bicyclic) bond motifs is 1. The van der Waals surface area contributed by atoms with Crippen LogP contribution in [-0.2, 0) is 0 Å². The van der Waals surface area contributed by atoms with Gasteiger partial charge in [0.1, 0.15) is 12.4 Å². The van der Waals surface area contributed by atoms with E-state index in [9.17, 15) is 0 Å². The molecule has 0 bridgehead atoms. The number of aromatic nitrogens is 2. The van der Waals surface area contributed by atoms with Gasteiger partial charge in [-0.15, -0.1) is 0 Å². The van der Waals surface area contributed by atoms with Crippen molar-refractivity contribution in [2.45, 2.75) is 38.7 Å². The molecule has 0 radical (unpaired) electrons. The monoisotopic (exact) mass is 257 g/mol. The molecule has 1 aromatic carbocycles. The second-order valence-electron chi connectivity index (χ2n) is 5.37. The fourth-order valence-corrected chi connectivity index (χ4v) is 2.74. The Morgan fingerprint density at radius 1 is 1.21 bits per heavy atom. The third-order valence-corrected chi connectivity index (χ3v) is 3.92. The van der Waals surface area contributed by atoms with Gasteiger partial charge >= 0.3 is 0 Å². The van der Waals surface area contributed by atoms with Gasteiger partial charge in [-0.3, -0.25) is 0 Å². The van der Waals surface area contributed by atoms with Crippen molar-refractivity contribution in [1.29, 1.82) is 0 Å². The van der Waals surface area contributed by atoms with Crippen LogP contribution in [0.4, 0.5) is 5.69 Å². The Morgan fingerprint density at radius 2 is 2.05 bits per heavy atom. The van der Waals surface area contributed by atoms with Crippen molar-refractivity contribution in [2.24, 2.45) is 5.92 Å². The zero-order valence-corrected chi connectivity index (χ0v) is 11.2. The van der Waals surface area contributed by atoms with Gasteiger partial charge in [-0.1, -0.05) is 13.3 Å². The van der Waals surface area contributed by atoms with Crippen molar-refractivity contribution >= 4 is 16.6 Å². The van der Waals surface area contributed by atoms with Crippen LogP contribution in [0.3, 0.4) is 0 Å². The molecule has 1 fully saturated rings. The molecular weight excluding hydrogens is 238 g/mol. The maximum absolute atomic E-state index is 6.13. The summed E-state index contributed by atoms with van der Waals surface area (Å²) in [6, 6.07) is 5.66. The zero-order valence-electron chi connectivity index (χ0n) is 11.2. The molecule has 0 amide bonds. The topological polar surface area (TPSA) is 61.0 Å². The highest BCUT2D eigenvalue weighted by Crippen LogP contribution is 2.30. The summed E-state index contributed by atoms with van der Waals surface area (Å²) in [5.41, 5.74) is 7.33. The first-order valence-electron chi connectivity index (χ1n) is 6.91. The van der Waals surface area contributed by atoms with Crippen LogP contribution in [0.15, 0.2) is 24.5 Å². The highest BCUT2D eigenvalue weighted by Gasteiger charge is 2.23. The normalized spacial score (nSPS) is 23.4. The summed E-state index contributed by atoms with van der Waals surface area (Å²) in [4.78, 5) is 8.53. The van der Waals surface area contributed by atoms with Crippen molar-refractivity contribution in [1.82, 2.24) is 9.97 Å². The smallest absolute Gasteiger partial charge is 0.224 e. The summed E-state index contributed by atoms with van der Waals surface area (Å²) in [6.45, 7) is 2.26. The lowest BCUT2D eigenvalue weighted by atomic mass is 9.88. The van der Waals surface area contributed by atoms with Crippen molar-refractivity contribution in [3.8, 4) is 5.88 Å². The van der Waals surface area contributed by atoms with Crippen LogP contribution < -0.4 is 10.5 Å². The summed E-state index contributed by atoms with van der Waals surface area (Å²) in [7, 11) is 0. The van der Waals surface area contributed by atoms with Gasteiger partial charge in [-0.25, -0.2) is 9.97 Å². The number of anilines is 1. The lowest BCUT2D eigenvalue weighted by Crippen LogP contribution is -2.28. The average Bonchev–Trinajstić information content (AvgIpc) is 2.41. The van der Waals surface area contributed by atoms with Crippen LogP contribution in [0.2, 0.25) is 0 Å². The maximum atomic E-state index is 6.13. The van der Waals surface area contributed by atoms with E-state index >= 15 is 0 Å². The molecule has 0 saturated heterocycles. The number of nitrogens with two attached hydrogens (primary N) is 1. The minimum absolute atomic E-state index is 0.268. The summed E-state index contributed by atoms with van der Waals surface area (Å²) in [5, 5.41) is 0.939. The van der Waals surface area contributed by atoms with Crippen LogP contribution in [0, 0.1) is 5.92 Å². The van der Waals surface area contributed by atoms with Gasteiger partial charge in [0.15, 0.2) is 0 Å². The molecule has 0 spiro atoms. The van der Waals surface area contributed by atoms with E-state index < -0.39 is 0 Å². The van der Waals surface area contributed by atoms with E-state index in [0.717, 1.165) is 17.3 Å². The predicted molar refractivity (Wildman–Crippen MR) is 76.0 cm³/mol. The second-order valence-corrected chi connectivity index (χ2v) is 5.37. The van der Waals surface area contributed by atoms with Crippen LogP contribution in [0.5, 0.6) is 5.88 Å². The summed E-state index contributed by atoms with van der Waals surface area (Å²) < 4.78 is 6.13. The average molecular weight is 257 g/mol. The Balaban J connectivity index is 1.92. The van der Waals surface area contributed by atoms with Crippen LogP contribution in [-0.4, -0.2) is 16.1 Å². The Bertz CT molecular complexity index is 585. The van der Waals surface area contributed by atoms with Crippen LogP contribution in [0.25, 0.3) is 10.9 Å². The first-order chi connectivity index (χ1) is 9.24. The molecule has 19 heavy (non-hydrogen) atoms. The van der Waals surface area contributed by atoms with E-state index in [0.29, 0.717) is 17.5 Å². The van der Waals surface area contributed by atoms with E-state index in [2.05, 4.69) is 16.9 Å². The van der Waals surface area contributed by atoms with E-state index in [-0.39, 0.29) is 6.10 Å². The number of nitrogens with zero attached hydrogens (tertiary/aromatic N) is 2. The number of nitrogen functional groups attached to an aromatic ring is 1. The van der Waals surface area contributed by atoms with Gasteiger partial charge in [0.2, 0.25) is 5.88 Å². The molecular formula is C15H19N3O. The minimum Gasteiger partial charge on any atom is -0.474 e. The molecule has 1 saturated carbocycles. The second kappa shape index (κ2) is 5.03. The quantitative estimate of drug-likeness (QED) is 0.839. The number of hydrogen-bond acceptors (Lipinski definition) is 4. The molecule has 4 nitrogen and oxygen atoms in total. The number of hydrogen-bond donors (Lipinski definition) is 1. The third kappa shape index (κ3) is 2.48. The molecule has 0 aliphatic heterocycles. The standard InChI is InChI=1S/C15H19N3O/c1-10-4-2-3-5-14(10)19-15-12-7-6-11(16)8-13(12)17-9-18-15/h6-10,14H,2-5,16H2,1H3. The Kier molecular flexibility index (Phi) is 3.23. The summed E-state index contributed by atoms with van der Waals surface area (Å²) >= 11 is 0. The molecule has 4 heteroatoms. The number of benzene rings is 1. The minimum atomic E-state index is 0.268. The predicted octanol–water partition coefficient (Wildman–Crippen LogP) is 3.17. The molecule has 100 valence electrons. The Hall–Kier alpha value is -1.84. The van der Waals surface area contributed by atoms with Crippen LogP contribution in [0.1, 0.15) is 32.6 Å². The first kappa shape index (κ1) is 12.2. The lowest BCUT2D eigenvalue weighted by Gasteiger charge is -2.29. The van der Waals surface area contributed by atoms with Crippen molar-refractivity contribution in [3.63, 3.8) is 0 Å². The Labute approximate surface area is 113 Å². The van der Waals surface area contributed by atoms with Gasteiger partial charge < -0.3 is 10.5 Å². The fraction of sp³-hybridized carbons (Fsp3) is 0.467. The first-order valence-corrected chi connectivity index (χ1v) is 6.91. The number of ether oxygens (including phenoxy) is 1.